The maximum Gasteiger partial charge on any atom is 0.346 e. The third-order valence-electron chi connectivity index (χ3n) is 4.22. The Hall–Kier alpha value is -3.62. The molecule has 29 heavy (non-hydrogen) atoms. The normalized spacial score (nSPS) is 11.3. The van der Waals surface area contributed by atoms with Crippen LogP contribution in [0.2, 0.25) is 0 Å². The van der Waals surface area contributed by atoms with Crippen molar-refractivity contribution in [2.75, 3.05) is 19.5 Å². The van der Waals surface area contributed by atoms with Gasteiger partial charge in [-0.05, 0) is 38.0 Å². The van der Waals surface area contributed by atoms with E-state index in [1.165, 1.54) is 21.1 Å². The highest BCUT2D eigenvalue weighted by Crippen LogP contribution is 2.35. The number of aryl methyl sites for hydroxylation is 2. The highest BCUT2D eigenvalue weighted by atomic mass is 16.6. The number of ether oxygens (including phenoxy) is 3. The van der Waals surface area contributed by atoms with Crippen molar-refractivity contribution in [1.82, 2.24) is 0 Å². The first kappa shape index (κ1) is 21.7. The van der Waals surface area contributed by atoms with Crippen molar-refractivity contribution in [2.24, 2.45) is 0 Å². The molecule has 2 aromatic rings. The van der Waals surface area contributed by atoms with Crippen LogP contribution in [0.1, 0.15) is 28.4 Å². The van der Waals surface area contributed by atoms with Crippen molar-refractivity contribution in [3.63, 3.8) is 0 Å². The minimum absolute atomic E-state index is 0.0939. The van der Waals surface area contributed by atoms with Crippen molar-refractivity contribution in [3.8, 4) is 11.5 Å². The second kappa shape index (κ2) is 9.05. The van der Waals surface area contributed by atoms with Crippen LogP contribution in [-0.2, 0) is 9.53 Å². The van der Waals surface area contributed by atoms with Crippen molar-refractivity contribution in [1.29, 1.82) is 0 Å². The number of benzene rings is 2. The molecule has 0 heterocycles. The molecule has 0 aliphatic carbocycles. The van der Waals surface area contributed by atoms with Gasteiger partial charge in [0.1, 0.15) is 5.56 Å². The van der Waals surface area contributed by atoms with Crippen LogP contribution in [-0.4, -0.2) is 37.1 Å². The molecular weight excluding hydrogens is 380 g/mol. The predicted molar refractivity (Wildman–Crippen MR) is 106 cm³/mol. The van der Waals surface area contributed by atoms with Crippen LogP contribution in [0.15, 0.2) is 30.3 Å². The Morgan fingerprint density at radius 3 is 2.28 bits per heavy atom. The Labute approximate surface area is 167 Å². The molecule has 0 fully saturated rings. The van der Waals surface area contributed by atoms with Gasteiger partial charge < -0.3 is 19.5 Å². The predicted octanol–water partition coefficient (Wildman–Crippen LogP) is 3.41. The number of nitrogens with one attached hydrogen (secondary N) is 1. The summed E-state index contributed by atoms with van der Waals surface area (Å²) in [5.41, 5.74) is 1.53. The van der Waals surface area contributed by atoms with E-state index >= 15 is 0 Å². The average molecular weight is 402 g/mol. The van der Waals surface area contributed by atoms with Crippen molar-refractivity contribution >= 4 is 23.3 Å². The number of anilines is 1. The van der Waals surface area contributed by atoms with Crippen LogP contribution < -0.4 is 14.8 Å². The summed E-state index contributed by atoms with van der Waals surface area (Å²) in [4.78, 5) is 35.6. The molecule has 0 saturated heterocycles. The Morgan fingerprint density at radius 2 is 1.69 bits per heavy atom. The summed E-state index contributed by atoms with van der Waals surface area (Å²) < 4.78 is 15.3. The topological polar surface area (TPSA) is 117 Å². The molecule has 1 N–H and O–H groups in total. The third-order valence-corrected chi connectivity index (χ3v) is 4.22. The Morgan fingerprint density at radius 1 is 1.07 bits per heavy atom. The van der Waals surface area contributed by atoms with Gasteiger partial charge in [-0.2, -0.15) is 0 Å². The summed E-state index contributed by atoms with van der Waals surface area (Å²) in [5.74, 6) is -1.37. The molecule has 9 heteroatoms. The van der Waals surface area contributed by atoms with Crippen LogP contribution in [0.4, 0.5) is 11.4 Å². The van der Waals surface area contributed by atoms with Gasteiger partial charge in [0.2, 0.25) is 0 Å². The average Bonchev–Trinajstić information content (AvgIpc) is 2.69. The van der Waals surface area contributed by atoms with Gasteiger partial charge in [-0.15, -0.1) is 0 Å². The maximum absolute atomic E-state index is 12.5. The summed E-state index contributed by atoms with van der Waals surface area (Å²) in [7, 11) is 2.65. The minimum atomic E-state index is -1.19. The number of nitrogens with zero attached hydrogens (tertiary/aromatic N) is 1. The number of nitro groups is 1. The first-order valence-corrected chi connectivity index (χ1v) is 8.67. The van der Waals surface area contributed by atoms with Crippen molar-refractivity contribution < 1.29 is 28.7 Å². The third kappa shape index (κ3) is 5.01. The maximum atomic E-state index is 12.5. The molecule has 154 valence electrons. The van der Waals surface area contributed by atoms with Gasteiger partial charge >= 0.3 is 5.97 Å². The van der Waals surface area contributed by atoms with Gasteiger partial charge in [0.15, 0.2) is 17.6 Å². The second-order valence-electron chi connectivity index (χ2n) is 6.34. The quantitative estimate of drug-likeness (QED) is 0.428. The molecule has 0 spiro atoms. The Bertz CT molecular complexity index is 956. The van der Waals surface area contributed by atoms with E-state index in [4.69, 9.17) is 14.2 Å². The van der Waals surface area contributed by atoms with E-state index in [-0.39, 0.29) is 17.1 Å². The molecule has 1 atom stereocenters. The number of carbonyl (C=O) groups is 2. The van der Waals surface area contributed by atoms with E-state index in [2.05, 4.69) is 5.32 Å². The molecule has 0 aliphatic heterocycles. The van der Waals surface area contributed by atoms with E-state index < -0.39 is 28.6 Å². The van der Waals surface area contributed by atoms with Crippen LogP contribution in [0.3, 0.4) is 0 Å². The first-order chi connectivity index (χ1) is 13.7. The largest absolute Gasteiger partial charge is 0.493 e. The van der Waals surface area contributed by atoms with Gasteiger partial charge in [-0.1, -0.05) is 12.1 Å². The van der Waals surface area contributed by atoms with Crippen LogP contribution >= 0.6 is 0 Å². The lowest BCUT2D eigenvalue weighted by molar-refractivity contribution is -0.385. The number of rotatable bonds is 7. The van der Waals surface area contributed by atoms with Crippen LogP contribution in [0, 0.1) is 24.0 Å². The lowest BCUT2D eigenvalue weighted by atomic mass is 10.1. The molecule has 2 rings (SSSR count). The first-order valence-electron chi connectivity index (χ1n) is 8.67. The van der Waals surface area contributed by atoms with Gasteiger partial charge in [-0.3, -0.25) is 14.9 Å². The molecule has 0 unspecified atom stereocenters. The molecule has 1 amide bonds. The number of carbonyl (C=O) groups excluding carboxylic acids is 2. The SMILES string of the molecule is COc1cc(C(=O)O[C@@H](C)C(=O)Nc2cc(C)ccc2C)c([N+](=O)[O-])cc1OC. The number of amides is 1. The zero-order valence-electron chi connectivity index (χ0n) is 16.8. The zero-order valence-corrected chi connectivity index (χ0v) is 16.8. The van der Waals surface area contributed by atoms with Gasteiger partial charge in [-0.25, -0.2) is 4.79 Å². The summed E-state index contributed by atoms with van der Waals surface area (Å²) in [6, 6.07) is 7.77. The molecule has 0 aromatic heterocycles. The van der Waals surface area contributed by atoms with E-state index in [1.807, 2.05) is 26.0 Å². The number of hydrogen-bond acceptors (Lipinski definition) is 7. The smallest absolute Gasteiger partial charge is 0.346 e. The zero-order chi connectivity index (χ0) is 21.7. The monoisotopic (exact) mass is 402 g/mol. The number of methoxy groups -OCH3 is 2. The molecule has 0 radical (unpaired) electrons. The number of esters is 1. The molecular formula is C20H22N2O7. The number of nitro benzene ring substituents is 1. The highest BCUT2D eigenvalue weighted by Gasteiger charge is 2.28. The summed E-state index contributed by atoms with van der Waals surface area (Å²) in [6.45, 7) is 5.10. The van der Waals surface area contributed by atoms with Crippen LogP contribution in [0.25, 0.3) is 0 Å². The fraction of sp³-hybridized carbons (Fsp3) is 0.300. The van der Waals surface area contributed by atoms with E-state index in [1.54, 1.807) is 6.07 Å². The van der Waals surface area contributed by atoms with Gasteiger partial charge in [0.05, 0.1) is 25.2 Å². The molecule has 0 aliphatic rings. The Kier molecular flexibility index (Phi) is 6.76. The molecule has 9 nitrogen and oxygen atoms in total. The van der Waals surface area contributed by atoms with Crippen molar-refractivity contribution in [2.45, 2.75) is 26.9 Å². The number of hydrogen-bond donors (Lipinski definition) is 1. The molecule has 0 saturated carbocycles. The standard InChI is InChI=1S/C20H22N2O7/c1-11-6-7-12(2)15(8-11)21-19(23)13(3)29-20(24)14-9-17(27-4)18(28-5)10-16(14)22(25)26/h6-10,13H,1-5H3,(H,21,23)/t13-/m0/s1. The minimum Gasteiger partial charge on any atom is -0.493 e. The van der Waals surface area contributed by atoms with E-state index in [9.17, 15) is 19.7 Å². The van der Waals surface area contributed by atoms with Gasteiger partial charge in [0.25, 0.3) is 11.6 Å². The van der Waals surface area contributed by atoms with Crippen molar-refractivity contribution in [3.05, 3.63) is 57.1 Å². The van der Waals surface area contributed by atoms with Crippen LogP contribution in [0.5, 0.6) is 11.5 Å². The lowest BCUT2D eigenvalue weighted by Crippen LogP contribution is -2.30. The fourth-order valence-electron chi connectivity index (χ4n) is 2.57. The second-order valence-corrected chi connectivity index (χ2v) is 6.34. The molecule has 2 aromatic carbocycles. The lowest BCUT2D eigenvalue weighted by Gasteiger charge is -2.16. The summed E-state index contributed by atoms with van der Waals surface area (Å²) >= 11 is 0. The van der Waals surface area contributed by atoms with E-state index in [0.29, 0.717) is 5.69 Å². The summed E-state index contributed by atoms with van der Waals surface area (Å²) in [5, 5.41) is 14.0. The Balaban J connectivity index is 2.23. The molecule has 0 bridgehead atoms. The highest BCUT2D eigenvalue weighted by molar-refractivity contribution is 5.99. The fourth-order valence-corrected chi connectivity index (χ4v) is 2.57. The van der Waals surface area contributed by atoms with Gasteiger partial charge in [0, 0.05) is 11.8 Å². The van der Waals surface area contributed by atoms with E-state index in [0.717, 1.165) is 23.3 Å². The summed E-state index contributed by atoms with van der Waals surface area (Å²) in [6.07, 6.45) is -1.19.